The molecule has 0 bridgehead atoms. The molecule has 4 N–H and O–H groups in total. The van der Waals surface area contributed by atoms with Gasteiger partial charge in [-0.15, -0.1) is 0 Å². The van der Waals surface area contributed by atoms with E-state index in [0.717, 1.165) is 19.4 Å². The Bertz CT molecular complexity index is 353. The standard InChI is InChI=1S/C12H17N3O/c13-12(16)15-6-5-14-11-7-9-3-1-2-4-10(9)8-11/h1-4,11,14H,5-8H2,(H3,13,15,16). The van der Waals surface area contributed by atoms with Gasteiger partial charge in [-0.1, -0.05) is 24.3 Å². The van der Waals surface area contributed by atoms with Crippen LogP contribution < -0.4 is 16.4 Å². The van der Waals surface area contributed by atoms with Crippen molar-refractivity contribution in [3.8, 4) is 0 Å². The number of rotatable bonds is 4. The molecule has 16 heavy (non-hydrogen) atoms. The molecule has 2 amide bonds. The number of carbonyl (C=O) groups is 1. The average Bonchev–Trinajstić information content (AvgIpc) is 2.66. The zero-order chi connectivity index (χ0) is 11.4. The van der Waals surface area contributed by atoms with E-state index in [-0.39, 0.29) is 0 Å². The van der Waals surface area contributed by atoms with Crippen molar-refractivity contribution < 1.29 is 4.79 Å². The smallest absolute Gasteiger partial charge is 0.312 e. The van der Waals surface area contributed by atoms with Crippen molar-refractivity contribution >= 4 is 6.03 Å². The van der Waals surface area contributed by atoms with Gasteiger partial charge in [-0.2, -0.15) is 0 Å². The van der Waals surface area contributed by atoms with Gasteiger partial charge in [0, 0.05) is 19.1 Å². The quantitative estimate of drug-likeness (QED) is 0.642. The summed E-state index contributed by atoms with van der Waals surface area (Å²) in [6, 6.07) is 8.55. The van der Waals surface area contributed by atoms with Crippen molar-refractivity contribution in [2.75, 3.05) is 13.1 Å². The minimum absolute atomic E-state index is 0.462. The van der Waals surface area contributed by atoms with Gasteiger partial charge in [0.2, 0.25) is 0 Å². The van der Waals surface area contributed by atoms with Gasteiger partial charge in [-0.05, 0) is 24.0 Å². The van der Waals surface area contributed by atoms with Crippen molar-refractivity contribution in [1.82, 2.24) is 10.6 Å². The molecule has 0 aromatic heterocycles. The van der Waals surface area contributed by atoms with E-state index in [2.05, 4.69) is 34.9 Å². The van der Waals surface area contributed by atoms with E-state index in [1.165, 1.54) is 11.1 Å². The monoisotopic (exact) mass is 219 g/mol. The molecule has 86 valence electrons. The first-order chi connectivity index (χ1) is 7.75. The van der Waals surface area contributed by atoms with Crippen LogP contribution >= 0.6 is 0 Å². The number of primary amides is 1. The molecule has 0 unspecified atom stereocenters. The molecular weight excluding hydrogens is 202 g/mol. The van der Waals surface area contributed by atoms with Crippen LogP contribution in [-0.4, -0.2) is 25.2 Å². The van der Waals surface area contributed by atoms with Crippen LogP contribution in [0.25, 0.3) is 0 Å². The zero-order valence-corrected chi connectivity index (χ0v) is 9.20. The molecule has 4 nitrogen and oxygen atoms in total. The predicted molar refractivity (Wildman–Crippen MR) is 63.2 cm³/mol. The van der Waals surface area contributed by atoms with Crippen LogP contribution in [0.3, 0.4) is 0 Å². The van der Waals surface area contributed by atoms with E-state index < -0.39 is 6.03 Å². The Morgan fingerprint density at radius 2 is 1.88 bits per heavy atom. The van der Waals surface area contributed by atoms with Crippen LogP contribution in [-0.2, 0) is 12.8 Å². The molecule has 0 radical (unpaired) electrons. The lowest BCUT2D eigenvalue weighted by Crippen LogP contribution is -2.39. The van der Waals surface area contributed by atoms with Gasteiger partial charge in [-0.3, -0.25) is 0 Å². The highest BCUT2D eigenvalue weighted by Crippen LogP contribution is 2.21. The summed E-state index contributed by atoms with van der Waals surface area (Å²) in [5.41, 5.74) is 7.84. The van der Waals surface area contributed by atoms with Gasteiger partial charge in [0.05, 0.1) is 0 Å². The second-order valence-electron chi connectivity index (χ2n) is 4.12. The first-order valence-corrected chi connectivity index (χ1v) is 5.59. The van der Waals surface area contributed by atoms with Crippen LogP contribution in [0.15, 0.2) is 24.3 Å². The molecule has 0 saturated carbocycles. The molecule has 0 aliphatic heterocycles. The Morgan fingerprint density at radius 1 is 1.25 bits per heavy atom. The largest absolute Gasteiger partial charge is 0.352 e. The van der Waals surface area contributed by atoms with E-state index in [4.69, 9.17) is 5.73 Å². The maximum atomic E-state index is 10.5. The second-order valence-corrected chi connectivity index (χ2v) is 4.12. The highest BCUT2D eigenvalue weighted by molar-refractivity contribution is 5.71. The third kappa shape index (κ3) is 2.73. The van der Waals surface area contributed by atoms with Gasteiger partial charge < -0.3 is 16.4 Å². The Balaban J connectivity index is 1.73. The minimum Gasteiger partial charge on any atom is -0.352 e. The second kappa shape index (κ2) is 4.99. The lowest BCUT2D eigenvalue weighted by Gasteiger charge is -2.11. The molecule has 1 aromatic carbocycles. The Hall–Kier alpha value is -1.55. The van der Waals surface area contributed by atoms with Gasteiger partial charge in [-0.25, -0.2) is 4.79 Å². The maximum Gasteiger partial charge on any atom is 0.312 e. The molecule has 1 aliphatic rings. The molecular formula is C12H17N3O. The SMILES string of the molecule is NC(=O)NCCNC1Cc2ccccc2C1. The summed E-state index contributed by atoms with van der Waals surface area (Å²) in [6.07, 6.45) is 2.15. The van der Waals surface area contributed by atoms with Crippen molar-refractivity contribution in [3.05, 3.63) is 35.4 Å². The molecule has 0 fully saturated rings. The van der Waals surface area contributed by atoms with Gasteiger partial charge >= 0.3 is 6.03 Å². The fourth-order valence-corrected chi connectivity index (χ4v) is 2.17. The van der Waals surface area contributed by atoms with Crippen molar-refractivity contribution in [2.45, 2.75) is 18.9 Å². The first kappa shape index (κ1) is 11.0. The maximum absolute atomic E-state index is 10.5. The number of benzene rings is 1. The molecule has 1 aliphatic carbocycles. The van der Waals surface area contributed by atoms with E-state index in [1.54, 1.807) is 0 Å². The lowest BCUT2D eigenvalue weighted by molar-refractivity contribution is 0.249. The van der Waals surface area contributed by atoms with Gasteiger partial charge in [0.25, 0.3) is 0 Å². The number of carbonyl (C=O) groups excluding carboxylic acids is 1. The number of hydrogen-bond donors (Lipinski definition) is 3. The summed E-state index contributed by atoms with van der Waals surface area (Å²) in [6.45, 7) is 1.35. The fourth-order valence-electron chi connectivity index (χ4n) is 2.17. The Morgan fingerprint density at radius 3 is 2.44 bits per heavy atom. The summed E-state index contributed by atoms with van der Waals surface area (Å²) >= 11 is 0. The number of urea groups is 1. The topological polar surface area (TPSA) is 67.2 Å². The Kier molecular flexibility index (Phi) is 3.41. The summed E-state index contributed by atoms with van der Waals surface area (Å²) < 4.78 is 0. The normalized spacial score (nSPS) is 14.8. The van der Waals surface area contributed by atoms with E-state index in [9.17, 15) is 4.79 Å². The van der Waals surface area contributed by atoms with E-state index in [0.29, 0.717) is 12.6 Å². The molecule has 0 heterocycles. The van der Waals surface area contributed by atoms with Crippen LogP contribution in [0.5, 0.6) is 0 Å². The summed E-state index contributed by atoms with van der Waals surface area (Å²) in [4.78, 5) is 10.5. The van der Waals surface area contributed by atoms with Gasteiger partial charge in [0.1, 0.15) is 0 Å². The molecule has 0 spiro atoms. The third-order valence-corrected chi connectivity index (χ3v) is 2.91. The van der Waals surface area contributed by atoms with Crippen molar-refractivity contribution in [1.29, 1.82) is 0 Å². The van der Waals surface area contributed by atoms with E-state index >= 15 is 0 Å². The van der Waals surface area contributed by atoms with E-state index in [1.807, 2.05) is 0 Å². The number of hydrogen-bond acceptors (Lipinski definition) is 2. The highest BCUT2D eigenvalue weighted by atomic mass is 16.2. The first-order valence-electron chi connectivity index (χ1n) is 5.59. The lowest BCUT2D eigenvalue weighted by atomic mass is 10.1. The highest BCUT2D eigenvalue weighted by Gasteiger charge is 2.19. The minimum atomic E-state index is -0.462. The number of amides is 2. The number of nitrogens with one attached hydrogen (secondary N) is 2. The molecule has 0 saturated heterocycles. The molecule has 4 heteroatoms. The summed E-state index contributed by atoms with van der Waals surface area (Å²) in [7, 11) is 0. The molecule has 0 atom stereocenters. The third-order valence-electron chi connectivity index (χ3n) is 2.91. The number of nitrogens with two attached hydrogens (primary N) is 1. The Labute approximate surface area is 95.2 Å². The molecule has 2 rings (SSSR count). The fraction of sp³-hybridized carbons (Fsp3) is 0.417. The van der Waals surface area contributed by atoms with Crippen molar-refractivity contribution in [2.24, 2.45) is 5.73 Å². The molecule has 1 aromatic rings. The summed E-state index contributed by atoms with van der Waals surface area (Å²) in [5.74, 6) is 0. The van der Waals surface area contributed by atoms with Crippen LogP contribution in [0.1, 0.15) is 11.1 Å². The summed E-state index contributed by atoms with van der Waals surface area (Å²) in [5, 5.41) is 5.98. The number of fused-ring (bicyclic) bond motifs is 1. The van der Waals surface area contributed by atoms with Crippen LogP contribution in [0.2, 0.25) is 0 Å². The average molecular weight is 219 g/mol. The van der Waals surface area contributed by atoms with Crippen molar-refractivity contribution in [3.63, 3.8) is 0 Å². The predicted octanol–water partition coefficient (Wildman–Crippen LogP) is 0.412. The van der Waals surface area contributed by atoms with Gasteiger partial charge in [0.15, 0.2) is 0 Å². The van der Waals surface area contributed by atoms with Crippen LogP contribution in [0.4, 0.5) is 4.79 Å². The zero-order valence-electron chi connectivity index (χ0n) is 9.20. The van der Waals surface area contributed by atoms with Crippen LogP contribution in [0, 0.1) is 0 Å².